The Hall–Kier alpha value is -1.09. The van der Waals surface area contributed by atoms with E-state index in [4.69, 9.17) is 10.5 Å². The maximum Gasteiger partial charge on any atom is 0.123 e. The van der Waals surface area contributed by atoms with Crippen LogP contribution in [0.15, 0.2) is 18.3 Å². The van der Waals surface area contributed by atoms with Crippen molar-refractivity contribution in [1.29, 1.82) is 0 Å². The first-order valence-corrected chi connectivity index (χ1v) is 6.65. The van der Waals surface area contributed by atoms with Gasteiger partial charge in [-0.1, -0.05) is 13.3 Å². The van der Waals surface area contributed by atoms with Gasteiger partial charge in [-0.3, -0.25) is 4.98 Å². The lowest BCUT2D eigenvalue weighted by molar-refractivity contribution is 0.0902. The molecule has 1 aromatic heterocycles. The lowest BCUT2D eigenvalue weighted by Gasteiger charge is -2.31. The minimum absolute atomic E-state index is 0.377. The van der Waals surface area contributed by atoms with E-state index < -0.39 is 0 Å². The van der Waals surface area contributed by atoms with Crippen LogP contribution in [0.1, 0.15) is 44.7 Å². The van der Waals surface area contributed by atoms with Crippen molar-refractivity contribution in [3.8, 4) is 5.75 Å². The molecule has 1 aliphatic carbocycles. The summed E-state index contributed by atoms with van der Waals surface area (Å²) in [5.41, 5.74) is 6.48. The molecular formula is C14H22N2O. The summed E-state index contributed by atoms with van der Waals surface area (Å²) in [5, 5.41) is 0. The third-order valence-electron chi connectivity index (χ3n) is 3.65. The smallest absolute Gasteiger partial charge is 0.123 e. The predicted molar refractivity (Wildman–Crippen MR) is 68.8 cm³/mol. The van der Waals surface area contributed by atoms with Crippen molar-refractivity contribution in [2.24, 2.45) is 11.7 Å². The summed E-state index contributed by atoms with van der Waals surface area (Å²) in [5.74, 6) is 1.63. The second kappa shape index (κ2) is 6.01. The van der Waals surface area contributed by atoms with Gasteiger partial charge in [-0.15, -0.1) is 0 Å². The van der Waals surface area contributed by atoms with E-state index in [0.29, 0.717) is 18.6 Å². The van der Waals surface area contributed by atoms with Gasteiger partial charge in [-0.2, -0.15) is 0 Å². The molecule has 0 radical (unpaired) electrons. The number of nitrogens with two attached hydrogens (primary N) is 1. The van der Waals surface area contributed by atoms with Crippen LogP contribution in [0.4, 0.5) is 0 Å². The van der Waals surface area contributed by atoms with E-state index in [9.17, 15) is 0 Å². The molecule has 1 fully saturated rings. The molecule has 1 heterocycles. The number of nitrogens with zero attached hydrogens (tertiary/aromatic N) is 1. The summed E-state index contributed by atoms with van der Waals surface area (Å²) in [7, 11) is 0. The minimum Gasteiger partial charge on any atom is -0.490 e. The highest BCUT2D eigenvalue weighted by Crippen LogP contribution is 2.30. The molecule has 0 spiro atoms. The highest BCUT2D eigenvalue weighted by molar-refractivity contribution is 5.22. The topological polar surface area (TPSA) is 48.1 Å². The standard InChI is InChI=1S/C14H22N2O/c1-2-11-5-3-4-6-14(11)17-13-7-8-16-12(9-13)10-15/h7-9,11,14H,2-6,10,15H2,1H3. The molecule has 3 heteroatoms. The molecule has 0 aromatic carbocycles. The van der Waals surface area contributed by atoms with Gasteiger partial charge in [0.25, 0.3) is 0 Å². The SMILES string of the molecule is CCC1CCCCC1Oc1ccnc(CN)c1. The van der Waals surface area contributed by atoms with Gasteiger partial charge >= 0.3 is 0 Å². The predicted octanol–water partition coefficient (Wildman–Crippen LogP) is 2.89. The summed E-state index contributed by atoms with van der Waals surface area (Å²) < 4.78 is 6.11. The maximum absolute atomic E-state index is 6.11. The van der Waals surface area contributed by atoms with Gasteiger partial charge in [-0.25, -0.2) is 0 Å². The summed E-state index contributed by atoms with van der Waals surface area (Å²) in [6.45, 7) is 2.73. The Labute approximate surface area is 103 Å². The van der Waals surface area contributed by atoms with Crippen LogP contribution in [0.3, 0.4) is 0 Å². The summed E-state index contributed by atoms with van der Waals surface area (Å²) in [4.78, 5) is 4.19. The molecule has 0 aliphatic heterocycles. The van der Waals surface area contributed by atoms with Crippen LogP contribution in [0.2, 0.25) is 0 Å². The minimum atomic E-state index is 0.377. The van der Waals surface area contributed by atoms with E-state index >= 15 is 0 Å². The Kier molecular flexibility index (Phi) is 4.37. The molecule has 94 valence electrons. The second-order valence-corrected chi connectivity index (χ2v) is 4.80. The summed E-state index contributed by atoms with van der Waals surface area (Å²) >= 11 is 0. The van der Waals surface area contributed by atoms with Crippen LogP contribution in [0, 0.1) is 5.92 Å². The molecule has 1 aliphatic rings. The molecule has 0 bridgehead atoms. The summed E-state index contributed by atoms with van der Waals surface area (Å²) in [6, 6.07) is 3.89. The van der Waals surface area contributed by atoms with Crippen molar-refractivity contribution in [2.45, 2.75) is 51.7 Å². The number of hydrogen-bond acceptors (Lipinski definition) is 3. The van der Waals surface area contributed by atoms with E-state index in [1.165, 1.54) is 32.1 Å². The third-order valence-corrected chi connectivity index (χ3v) is 3.65. The first kappa shape index (κ1) is 12.4. The zero-order valence-corrected chi connectivity index (χ0v) is 10.6. The number of rotatable bonds is 4. The van der Waals surface area contributed by atoms with Crippen molar-refractivity contribution < 1.29 is 4.74 Å². The number of aromatic nitrogens is 1. The highest BCUT2D eigenvalue weighted by Gasteiger charge is 2.25. The zero-order chi connectivity index (χ0) is 12.1. The van der Waals surface area contributed by atoms with Gasteiger partial charge < -0.3 is 10.5 Å². The highest BCUT2D eigenvalue weighted by atomic mass is 16.5. The molecule has 2 N–H and O–H groups in total. The number of pyridine rings is 1. The average molecular weight is 234 g/mol. The van der Waals surface area contributed by atoms with Crippen LogP contribution < -0.4 is 10.5 Å². The molecular weight excluding hydrogens is 212 g/mol. The van der Waals surface area contributed by atoms with E-state index in [1.54, 1.807) is 6.20 Å². The van der Waals surface area contributed by atoms with Crippen molar-refractivity contribution in [2.75, 3.05) is 0 Å². The van der Waals surface area contributed by atoms with Gasteiger partial charge in [0.1, 0.15) is 11.9 Å². The largest absolute Gasteiger partial charge is 0.490 e. The summed E-state index contributed by atoms with van der Waals surface area (Å²) in [6.07, 6.45) is 8.48. The normalized spacial score (nSPS) is 24.6. The van der Waals surface area contributed by atoms with E-state index in [1.807, 2.05) is 12.1 Å². The Morgan fingerprint density at radius 2 is 2.24 bits per heavy atom. The van der Waals surface area contributed by atoms with Crippen LogP contribution in [0.25, 0.3) is 0 Å². The first-order chi connectivity index (χ1) is 8.33. The second-order valence-electron chi connectivity index (χ2n) is 4.80. The van der Waals surface area contributed by atoms with Crippen molar-refractivity contribution in [3.05, 3.63) is 24.0 Å². The molecule has 1 saturated carbocycles. The Morgan fingerprint density at radius 3 is 3.00 bits per heavy atom. The molecule has 0 saturated heterocycles. The molecule has 2 rings (SSSR count). The Bertz CT molecular complexity index is 354. The first-order valence-electron chi connectivity index (χ1n) is 6.65. The third kappa shape index (κ3) is 3.19. The number of ether oxygens (including phenoxy) is 1. The van der Waals surface area contributed by atoms with Crippen molar-refractivity contribution >= 4 is 0 Å². The van der Waals surface area contributed by atoms with Crippen molar-refractivity contribution in [1.82, 2.24) is 4.98 Å². The van der Waals surface area contributed by atoms with Crippen LogP contribution >= 0.6 is 0 Å². The van der Waals surface area contributed by atoms with Gasteiger partial charge in [0, 0.05) is 18.8 Å². The molecule has 1 aromatic rings. The molecule has 2 unspecified atom stereocenters. The van der Waals surface area contributed by atoms with Crippen LogP contribution in [-0.2, 0) is 6.54 Å². The maximum atomic E-state index is 6.11. The quantitative estimate of drug-likeness (QED) is 0.871. The molecule has 3 nitrogen and oxygen atoms in total. The van der Waals surface area contributed by atoms with Gasteiger partial charge in [0.15, 0.2) is 0 Å². The van der Waals surface area contributed by atoms with E-state index in [0.717, 1.165) is 11.4 Å². The lowest BCUT2D eigenvalue weighted by Crippen LogP contribution is -2.29. The molecule has 0 amide bonds. The van der Waals surface area contributed by atoms with Crippen LogP contribution in [-0.4, -0.2) is 11.1 Å². The average Bonchev–Trinajstić information content (AvgIpc) is 2.39. The van der Waals surface area contributed by atoms with Crippen LogP contribution in [0.5, 0.6) is 5.75 Å². The Morgan fingerprint density at radius 1 is 1.41 bits per heavy atom. The van der Waals surface area contributed by atoms with E-state index in [-0.39, 0.29) is 0 Å². The van der Waals surface area contributed by atoms with Gasteiger partial charge in [0.05, 0.1) is 5.69 Å². The van der Waals surface area contributed by atoms with Gasteiger partial charge in [-0.05, 0) is 37.7 Å². The zero-order valence-electron chi connectivity index (χ0n) is 10.6. The fourth-order valence-electron chi connectivity index (χ4n) is 2.61. The Balaban J connectivity index is 2.02. The molecule has 2 atom stereocenters. The molecule has 17 heavy (non-hydrogen) atoms. The van der Waals surface area contributed by atoms with E-state index in [2.05, 4.69) is 11.9 Å². The van der Waals surface area contributed by atoms with Gasteiger partial charge in [0.2, 0.25) is 0 Å². The monoisotopic (exact) mass is 234 g/mol. The fourth-order valence-corrected chi connectivity index (χ4v) is 2.61. The van der Waals surface area contributed by atoms with Crippen molar-refractivity contribution in [3.63, 3.8) is 0 Å². The number of hydrogen-bond donors (Lipinski definition) is 1. The fraction of sp³-hybridized carbons (Fsp3) is 0.643. The lowest BCUT2D eigenvalue weighted by atomic mass is 9.85.